The number of carbonyl (C=O) groups excluding carboxylic acids is 1. The zero-order valence-electron chi connectivity index (χ0n) is 15.8. The first-order chi connectivity index (χ1) is 13.2. The van der Waals surface area contributed by atoms with Crippen LogP contribution >= 0.6 is 0 Å². The van der Waals surface area contributed by atoms with Crippen LogP contribution in [0.4, 0.5) is 5.69 Å². The molecule has 2 unspecified atom stereocenters. The highest BCUT2D eigenvalue weighted by molar-refractivity contribution is 5.92. The lowest BCUT2D eigenvalue weighted by molar-refractivity contribution is -0.115. The van der Waals surface area contributed by atoms with Crippen molar-refractivity contribution in [1.29, 1.82) is 0 Å². The van der Waals surface area contributed by atoms with Gasteiger partial charge in [0.2, 0.25) is 5.91 Å². The van der Waals surface area contributed by atoms with Crippen LogP contribution in [0.25, 0.3) is 0 Å². The molecule has 0 spiro atoms. The van der Waals surface area contributed by atoms with Crippen LogP contribution in [0.1, 0.15) is 37.8 Å². The molecule has 0 aromatic heterocycles. The Hall–Kier alpha value is -2.37. The van der Waals surface area contributed by atoms with Crippen LogP contribution in [0.15, 0.2) is 54.6 Å². The van der Waals surface area contributed by atoms with Gasteiger partial charge in [0.05, 0.1) is 12.6 Å². The minimum atomic E-state index is -0.0688. The van der Waals surface area contributed by atoms with Gasteiger partial charge in [-0.05, 0) is 37.0 Å². The molecule has 0 saturated carbocycles. The topological polar surface area (TPSA) is 59.6 Å². The standard InChI is InChI=1S/C22H28N2O3/c1-2-21(17-8-4-3-5-9-17)23-15-22(25)24-18-10-6-11-19(14-18)27-16-20-12-7-13-26-20/h3-6,8-11,14,20-21,23H,2,7,12-13,15-16H2,1H3,(H,24,25). The first-order valence-electron chi connectivity index (χ1n) is 9.67. The summed E-state index contributed by atoms with van der Waals surface area (Å²) in [6.45, 7) is 3.74. The second-order valence-corrected chi connectivity index (χ2v) is 6.77. The van der Waals surface area contributed by atoms with E-state index in [-0.39, 0.29) is 24.6 Å². The van der Waals surface area contributed by atoms with Crippen molar-refractivity contribution in [3.05, 3.63) is 60.2 Å². The highest BCUT2D eigenvalue weighted by Crippen LogP contribution is 2.20. The molecule has 1 saturated heterocycles. The van der Waals surface area contributed by atoms with E-state index in [1.165, 1.54) is 5.56 Å². The molecule has 5 nitrogen and oxygen atoms in total. The van der Waals surface area contributed by atoms with Gasteiger partial charge in [-0.3, -0.25) is 4.79 Å². The fourth-order valence-corrected chi connectivity index (χ4v) is 3.23. The van der Waals surface area contributed by atoms with Crippen LogP contribution in [-0.2, 0) is 9.53 Å². The Bertz CT molecular complexity index is 715. The smallest absolute Gasteiger partial charge is 0.238 e. The summed E-state index contributed by atoms with van der Waals surface area (Å²) in [6.07, 6.45) is 3.24. The van der Waals surface area contributed by atoms with Gasteiger partial charge in [-0.2, -0.15) is 0 Å². The third-order valence-corrected chi connectivity index (χ3v) is 4.70. The van der Waals surface area contributed by atoms with Crippen molar-refractivity contribution in [2.45, 2.75) is 38.3 Å². The monoisotopic (exact) mass is 368 g/mol. The minimum Gasteiger partial charge on any atom is -0.491 e. The van der Waals surface area contributed by atoms with E-state index in [1.54, 1.807) is 0 Å². The van der Waals surface area contributed by atoms with E-state index in [1.807, 2.05) is 42.5 Å². The molecule has 3 rings (SSSR count). The minimum absolute atomic E-state index is 0.0688. The molecular weight excluding hydrogens is 340 g/mol. The van der Waals surface area contributed by atoms with E-state index in [0.29, 0.717) is 6.61 Å². The molecule has 144 valence electrons. The highest BCUT2D eigenvalue weighted by atomic mass is 16.5. The maximum Gasteiger partial charge on any atom is 0.238 e. The predicted octanol–water partition coefficient (Wildman–Crippen LogP) is 3.92. The van der Waals surface area contributed by atoms with Crippen molar-refractivity contribution in [1.82, 2.24) is 5.32 Å². The van der Waals surface area contributed by atoms with Crippen molar-refractivity contribution >= 4 is 11.6 Å². The number of hydrogen-bond acceptors (Lipinski definition) is 4. The van der Waals surface area contributed by atoms with Crippen LogP contribution in [0.5, 0.6) is 5.75 Å². The summed E-state index contributed by atoms with van der Waals surface area (Å²) in [7, 11) is 0. The molecule has 1 fully saturated rings. The fourth-order valence-electron chi connectivity index (χ4n) is 3.23. The number of carbonyl (C=O) groups is 1. The van der Waals surface area contributed by atoms with Gasteiger partial charge in [-0.1, -0.05) is 43.3 Å². The molecule has 5 heteroatoms. The van der Waals surface area contributed by atoms with Gasteiger partial charge in [-0.25, -0.2) is 0 Å². The summed E-state index contributed by atoms with van der Waals surface area (Å²) in [4.78, 5) is 12.3. The summed E-state index contributed by atoms with van der Waals surface area (Å²) in [6, 6.07) is 17.8. The van der Waals surface area contributed by atoms with Gasteiger partial charge < -0.3 is 20.1 Å². The fraction of sp³-hybridized carbons (Fsp3) is 0.409. The quantitative estimate of drug-likeness (QED) is 0.704. The van der Waals surface area contributed by atoms with Crippen LogP contribution in [0.2, 0.25) is 0 Å². The highest BCUT2D eigenvalue weighted by Gasteiger charge is 2.16. The van der Waals surface area contributed by atoms with Gasteiger partial charge in [0.1, 0.15) is 12.4 Å². The molecular formula is C22H28N2O3. The molecule has 27 heavy (non-hydrogen) atoms. The first kappa shape index (κ1) is 19.4. The Kier molecular flexibility index (Phi) is 7.25. The lowest BCUT2D eigenvalue weighted by Gasteiger charge is -2.17. The zero-order valence-corrected chi connectivity index (χ0v) is 15.8. The molecule has 1 heterocycles. The lowest BCUT2D eigenvalue weighted by Crippen LogP contribution is -2.31. The van der Waals surface area contributed by atoms with Crippen molar-refractivity contribution in [3.8, 4) is 5.75 Å². The van der Waals surface area contributed by atoms with E-state index in [2.05, 4.69) is 29.7 Å². The maximum absolute atomic E-state index is 12.3. The molecule has 1 aliphatic heterocycles. The molecule has 1 amide bonds. The third-order valence-electron chi connectivity index (χ3n) is 4.70. The van der Waals surface area contributed by atoms with Crippen LogP contribution in [0.3, 0.4) is 0 Å². The van der Waals surface area contributed by atoms with Crippen LogP contribution in [0, 0.1) is 0 Å². The Morgan fingerprint density at radius 1 is 1.22 bits per heavy atom. The summed E-state index contributed by atoms with van der Waals surface area (Å²) in [5.74, 6) is 0.674. The zero-order chi connectivity index (χ0) is 18.9. The number of amides is 1. The van der Waals surface area contributed by atoms with Gasteiger partial charge in [-0.15, -0.1) is 0 Å². The number of benzene rings is 2. The molecule has 2 aromatic carbocycles. The second kappa shape index (κ2) is 10.1. The number of ether oxygens (including phenoxy) is 2. The molecule has 1 aliphatic rings. The van der Waals surface area contributed by atoms with Crippen molar-refractivity contribution in [2.75, 3.05) is 25.1 Å². The Morgan fingerprint density at radius 2 is 2.07 bits per heavy atom. The van der Waals surface area contributed by atoms with Crippen molar-refractivity contribution < 1.29 is 14.3 Å². The van der Waals surface area contributed by atoms with E-state index < -0.39 is 0 Å². The molecule has 0 radical (unpaired) electrons. The number of nitrogens with one attached hydrogen (secondary N) is 2. The maximum atomic E-state index is 12.3. The molecule has 2 N–H and O–H groups in total. The van der Waals surface area contributed by atoms with Gasteiger partial charge >= 0.3 is 0 Å². The van der Waals surface area contributed by atoms with Gasteiger partial charge in [0, 0.05) is 24.4 Å². The Labute approximate surface area is 161 Å². The third kappa shape index (κ3) is 6.08. The normalized spacial score (nSPS) is 17.4. The number of anilines is 1. The molecule has 2 atom stereocenters. The van der Waals surface area contributed by atoms with Crippen LogP contribution < -0.4 is 15.4 Å². The number of rotatable bonds is 9. The molecule has 0 bridgehead atoms. The average Bonchev–Trinajstić information content (AvgIpc) is 3.22. The predicted molar refractivity (Wildman–Crippen MR) is 107 cm³/mol. The van der Waals surface area contributed by atoms with Gasteiger partial charge in [0.25, 0.3) is 0 Å². The van der Waals surface area contributed by atoms with E-state index in [9.17, 15) is 4.79 Å². The first-order valence-corrected chi connectivity index (χ1v) is 9.67. The molecule has 0 aliphatic carbocycles. The Balaban J connectivity index is 1.47. The van der Waals surface area contributed by atoms with E-state index in [0.717, 1.165) is 37.3 Å². The average molecular weight is 368 g/mol. The van der Waals surface area contributed by atoms with Crippen molar-refractivity contribution in [2.24, 2.45) is 0 Å². The SMILES string of the molecule is CCC(NCC(=O)Nc1cccc(OCC2CCCO2)c1)c1ccccc1. The van der Waals surface area contributed by atoms with Gasteiger partial charge in [0.15, 0.2) is 0 Å². The Morgan fingerprint density at radius 3 is 2.81 bits per heavy atom. The second-order valence-electron chi connectivity index (χ2n) is 6.77. The van der Waals surface area contributed by atoms with Crippen LogP contribution in [-0.4, -0.2) is 31.8 Å². The molecule has 2 aromatic rings. The van der Waals surface area contributed by atoms with E-state index in [4.69, 9.17) is 9.47 Å². The summed E-state index contributed by atoms with van der Waals surface area (Å²) in [5.41, 5.74) is 1.93. The van der Waals surface area contributed by atoms with E-state index >= 15 is 0 Å². The summed E-state index contributed by atoms with van der Waals surface area (Å²) < 4.78 is 11.4. The number of hydrogen-bond donors (Lipinski definition) is 2. The largest absolute Gasteiger partial charge is 0.491 e. The lowest BCUT2D eigenvalue weighted by atomic mass is 10.0. The van der Waals surface area contributed by atoms with Crippen molar-refractivity contribution in [3.63, 3.8) is 0 Å². The summed E-state index contributed by atoms with van der Waals surface area (Å²) >= 11 is 0. The summed E-state index contributed by atoms with van der Waals surface area (Å²) in [5, 5.41) is 6.25.